The lowest BCUT2D eigenvalue weighted by Gasteiger charge is -2.47. The second kappa shape index (κ2) is 4.10. The van der Waals surface area contributed by atoms with Crippen LogP contribution in [0, 0.1) is 5.92 Å². The number of carbonyl (C=O) groups is 1. The average Bonchev–Trinajstić information content (AvgIpc) is 3.06. The Hall–Kier alpha value is -1.81. The van der Waals surface area contributed by atoms with E-state index in [2.05, 4.69) is 38.6 Å². The van der Waals surface area contributed by atoms with Crippen LogP contribution in [0.3, 0.4) is 0 Å². The summed E-state index contributed by atoms with van der Waals surface area (Å²) in [5.74, 6) is 0.930. The van der Waals surface area contributed by atoms with Gasteiger partial charge in [-0.3, -0.25) is 4.79 Å². The van der Waals surface area contributed by atoms with Crippen molar-refractivity contribution in [3.05, 3.63) is 36.0 Å². The first-order chi connectivity index (χ1) is 10.3. The van der Waals surface area contributed by atoms with Crippen LogP contribution in [-0.2, 0) is 6.67 Å². The molecule has 0 aliphatic carbocycles. The molecule has 0 saturated carbocycles. The highest BCUT2D eigenvalue weighted by atomic mass is 16.2. The number of hydrogen-bond acceptors (Lipinski definition) is 2. The molecule has 2 aromatic rings. The van der Waals surface area contributed by atoms with E-state index < -0.39 is 0 Å². The van der Waals surface area contributed by atoms with Crippen LogP contribution in [0.2, 0.25) is 0 Å². The van der Waals surface area contributed by atoms with E-state index in [4.69, 9.17) is 0 Å². The molecule has 1 aromatic carbocycles. The molecule has 3 fully saturated rings. The van der Waals surface area contributed by atoms with E-state index in [1.165, 1.54) is 36.8 Å². The largest absolute Gasteiger partial charge is 0.318 e. The van der Waals surface area contributed by atoms with Crippen LogP contribution in [0.1, 0.15) is 23.3 Å². The molecule has 4 aliphatic rings. The van der Waals surface area contributed by atoms with Crippen LogP contribution >= 0.6 is 0 Å². The van der Waals surface area contributed by atoms with E-state index in [0.29, 0.717) is 12.0 Å². The highest BCUT2D eigenvalue weighted by molar-refractivity contribution is 6.00. The summed E-state index contributed by atoms with van der Waals surface area (Å²) in [7, 11) is 0. The summed E-state index contributed by atoms with van der Waals surface area (Å²) in [5.41, 5.74) is 2.05. The minimum absolute atomic E-state index is 0.227. The molecule has 4 aliphatic heterocycles. The lowest BCUT2D eigenvalue weighted by Crippen LogP contribution is -2.57. The molecule has 1 unspecified atom stereocenters. The Morgan fingerprint density at radius 3 is 2.67 bits per heavy atom. The van der Waals surface area contributed by atoms with E-state index in [-0.39, 0.29) is 5.91 Å². The molecule has 5 heterocycles. The van der Waals surface area contributed by atoms with Gasteiger partial charge in [0.25, 0.3) is 5.91 Å². The standard InChI is InChI=1S/C17H19N3O/c21-17-15-9-13-3-1-2-4-14(13)19(15)11-20(17)16-10-18-7-5-12(16)6-8-18/h1-4,9,12,16H,5-8,10-11H2. The van der Waals surface area contributed by atoms with Gasteiger partial charge >= 0.3 is 0 Å². The van der Waals surface area contributed by atoms with Gasteiger partial charge in [-0.2, -0.15) is 0 Å². The van der Waals surface area contributed by atoms with Gasteiger partial charge in [0, 0.05) is 18.0 Å². The second-order valence-electron chi connectivity index (χ2n) is 6.64. The smallest absolute Gasteiger partial charge is 0.272 e. The molecule has 108 valence electrons. The quantitative estimate of drug-likeness (QED) is 0.801. The van der Waals surface area contributed by atoms with Crippen LogP contribution in [0.25, 0.3) is 10.9 Å². The van der Waals surface area contributed by atoms with Crippen LogP contribution in [0.5, 0.6) is 0 Å². The van der Waals surface area contributed by atoms with Crippen molar-refractivity contribution in [2.45, 2.75) is 25.6 Å². The summed E-state index contributed by atoms with van der Waals surface area (Å²) in [5, 5.41) is 1.18. The molecular formula is C17H19N3O. The van der Waals surface area contributed by atoms with Crippen molar-refractivity contribution >= 4 is 16.8 Å². The summed E-state index contributed by atoms with van der Waals surface area (Å²) in [6.45, 7) is 4.24. The zero-order valence-electron chi connectivity index (χ0n) is 12.0. The minimum Gasteiger partial charge on any atom is -0.318 e. The molecule has 4 nitrogen and oxygen atoms in total. The van der Waals surface area contributed by atoms with Crippen molar-refractivity contribution in [3.8, 4) is 0 Å². The average molecular weight is 281 g/mol. The predicted octanol–water partition coefficient (Wildman–Crippen LogP) is 2.15. The zero-order valence-corrected chi connectivity index (χ0v) is 12.0. The molecule has 0 radical (unpaired) electrons. The topological polar surface area (TPSA) is 28.5 Å². The lowest BCUT2D eigenvalue weighted by molar-refractivity contribution is 0.00465. The van der Waals surface area contributed by atoms with Crippen molar-refractivity contribution in [3.63, 3.8) is 0 Å². The van der Waals surface area contributed by atoms with Gasteiger partial charge in [-0.1, -0.05) is 18.2 Å². The molecule has 21 heavy (non-hydrogen) atoms. The van der Waals surface area contributed by atoms with Crippen molar-refractivity contribution in [1.29, 1.82) is 0 Å². The van der Waals surface area contributed by atoms with E-state index in [1.54, 1.807) is 0 Å². The van der Waals surface area contributed by atoms with Crippen LogP contribution < -0.4 is 0 Å². The normalized spacial score (nSPS) is 31.1. The number of aromatic nitrogens is 1. The molecule has 4 heteroatoms. The SMILES string of the molecule is O=C1c2cc3ccccc3n2CN1C1CN2CCC1CC2. The van der Waals surface area contributed by atoms with E-state index in [9.17, 15) is 4.79 Å². The fourth-order valence-corrected chi connectivity index (χ4v) is 4.45. The number of benzene rings is 1. The molecule has 1 aromatic heterocycles. The molecule has 1 amide bonds. The Kier molecular flexibility index (Phi) is 2.31. The molecule has 6 rings (SSSR count). The second-order valence-corrected chi connectivity index (χ2v) is 6.64. The monoisotopic (exact) mass is 281 g/mol. The van der Waals surface area contributed by atoms with Gasteiger partial charge in [0.2, 0.25) is 0 Å². The third kappa shape index (κ3) is 1.57. The molecule has 3 saturated heterocycles. The predicted molar refractivity (Wildman–Crippen MR) is 81.1 cm³/mol. The van der Waals surface area contributed by atoms with Gasteiger partial charge in [-0.25, -0.2) is 0 Å². The molecule has 1 atom stereocenters. The number of nitrogens with zero attached hydrogens (tertiary/aromatic N) is 3. The van der Waals surface area contributed by atoms with Crippen molar-refractivity contribution in [2.75, 3.05) is 19.6 Å². The Labute approximate surface area is 123 Å². The summed E-state index contributed by atoms with van der Waals surface area (Å²) < 4.78 is 2.19. The molecular weight excluding hydrogens is 262 g/mol. The number of rotatable bonds is 1. The van der Waals surface area contributed by atoms with Crippen LogP contribution in [-0.4, -0.2) is 46.0 Å². The number of carbonyl (C=O) groups excluding carboxylic acids is 1. The van der Waals surface area contributed by atoms with Crippen LogP contribution in [0.15, 0.2) is 30.3 Å². The minimum atomic E-state index is 0.227. The maximum atomic E-state index is 12.8. The Bertz CT molecular complexity index is 727. The van der Waals surface area contributed by atoms with Gasteiger partial charge in [0.1, 0.15) is 5.69 Å². The first-order valence-electron chi connectivity index (χ1n) is 7.93. The molecule has 0 N–H and O–H groups in total. The summed E-state index contributed by atoms with van der Waals surface area (Å²) in [6.07, 6.45) is 2.51. The van der Waals surface area contributed by atoms with E-state index in [0.717, 1.165) is 18.9 Å². The van der Waals surface area contributed by atoms with Gasteiger partial charge < -0.3 is 14.4 Å². The van der Waals surface area contributed by atoms with Gasteiger partial charge in [-0.05, 0) is 44.0 Å². The number of amides is 1. The maximum absolute atomic E-state index is 12.8. The Morgan fingerprint density at radius 2 is 1.90 bits per heavy atom. The first kappa shape index (κ1) is 11.8. The zero-order chi connectivity index (χ0) is 14.0. The van der Waals surface area contributed by atoms with Gasteiger partial charge in [0.05, 0.1) is 12.2 Å². The third-order valence-electron chi connectivity index (χ3n) is 5.61. The summed E-state index contributed by atoms with van der Waals surface area (Å²) >= 11 is 0. The van der Waals surface area contributed by atoms with Gasteiger partial charge in [-0.15, -0.1) is 0 Å². The maximum Gasteiger partial charge on any atom is 0.272 e. The van der Waals surface area contributed by atoms with E-state index in [1.807, 2.05) is 6.07 Å². The fraction of sp³-hybridized carbons (Fsp3) is 0.471. The third-order valence-corrected chi connectivity index (χ3v) is 5.61. The number of piperidine rings is 3. The van der Waals surface area contributed by atoms with Crippen molar-refractivity contribution < 1.29 is 4.79 Å². The van der Waals surface area contributed by atoms with Crippen molar-refractivity contribution in [1.82, 2.24) is 14.4 Å². The highest BCUT2D eigenvalue weighted by Gasteiger charge is 2.42. The summed E-state index contributed by atoms with van der Waals surface area (Å²) in [6, 6.07) is 10.8. The Balaban J connectivity index is 1.52. The molecule has 2 bridgehead atoms. The number of hydrogen-bond donors (Lipinski definition) is 0. The van der Waals surface area contributed by atoms with Gasteiger partial charge in [0.15, 0.2) is 0 Å². The highest BCUT2D eigenvalue weighted by Crippen LogP contribution is 2.35. The Morgan fingerprint density at radius 1 is 1.10 bits per heavy atom. The summed E-state index contributed by atoms with van der Waals surface area (Å²) in [4.78, 5) is 17.5. The number of para-hydroxylation sites is 1. The number of fused-ring (bicyclic) bond motifs is 6. The van der Waals surface area contributed by atoms with Crippen LogP contribution in [0.4, 0.5) is 0 Å². The van der Waals surface area contributed by atoms with E-state index >= 15 is 0 Å². The lowest BCUT2D eigenvalue weighted by atomic mass is 9.83. The first-order valence-corrected chi connectivity index (χ1v) is 7.93. The molecule has 0 spiro atoms. The van der Waals surface area contributed by atoms with Crippen molar-refractivity contribution in [2.24, 2.45) is 5.92 Å². The fourth-order valence-electron chi connectivity index (χ4n) is 4.45.